The number of hydrogen-bond acceptors (Lipinski definition) is 3. The second-order valence-electron chi connectivity index (χ2n) is 3.82. The molecule has 1 aromatic rings. The lowest BCUT2D eigenvalue weighted by Crippen LogP contribution is -2.03. The molecule has 1 rings (SSSR count). The van der Waals surface area contributed by atoms with Crippen LogP contribution in [-0.2, 0) is 6.61 Å². The van der Waals surface area contributed by atoms with Gasteiger partial charge >= 0.3 is 0 Å². The van der Waals surface area contributed by atoms with Crippen LogP contribution in [-0.4, -0.2) is 16.7 Å². The van der Waals surface area contributed by atoms with Crippen molar-refractivity contribution in [2.45, 2.75) is 26.9 Å². The Morgan fingerprint density at radius 3 is 2.80 bits per heavy atom. The average Bonchev–Trinajstić information content (AvgIpc) is 2.20. The van der Waals surface area contributed by atoms with Crippen molar-refractivity contribution in [3.05, 3.63) is 22.8 Å². The Morgan fingerprint density at radius 1 is 1.53 bits per heavy atom. The maximum absolute atomic E-state index is 8.86. The van der Waals surface area contributed by atoms with Crippen LogP contribution in [0.3, 0.4) is 0 Å². The summed E-state index contributed by atoms with van der Waals surface area (Å²) in [5, 5.41) is 9.31. The number of rotatable bonds is 5. The highest BCUT2D eigenvalue weighted by atomic mass is 35.5. The summed E-state index contributed by atoms with van der Waals surface area (Å²) in [6.07, 6.45) is 2.54. The molecule has 15 heavy (non-hydrogen) atoms. The fourth-order valence-electron chi connectivity index (χ4n) is 1.05. The summed E-state index contributed by atoms with van der Waals surface area (Å²) in [6.45, 7) is 4.82. The molecule has 0 aliphatic heterocycles. The minimum absolute atomic E-state index is 0.0566. The molecule has 0 fully saturated rings. The van der Waals surface area contributed by atoms with E-state index in [1.54, 1.807) is 12.3 Å². The van der Waals surface area contributed by atoms with Crippen molar-refractivity contribution in [1.29, 1.82) is 0 Å². The van der Waals surface area contributed by atoms with Gasteiger partial charge in [0, 0.05) is 6.20 Å². The van der Waals surface area contributed by atoms with Gasteiger partial charge in [-0.25, -0.2) is 4.98 Å². The molecule has 3 nitrogen and oxygen atoms in total. The summed E-state index contributed by atoms with van der Waals surface area (Å²) in [7, 11) is 0. The molecular formula is C11H16ClNO2. The molecule has 0 bridgehead atoms. The van der Waals surface area contributed by atoms with Crippen molar-refractivity contribution in [3.8, 4) is 5.88 Å². The van der Waals surface area contributed by atoms with Crippen LogP contribution in [0.1, 0.15) is 25.8 Å². The first-order valence-corrected chi connectivity index (χ1v) is 5.39. The molecule has 0 saturated heterocycles. The highest BCUT2D eigenvalue weighted by Crippen LogP contribution is 2.22. The number of hydrogen-bond donors (Lipinski definition) is 1. The van der Waals surface area contributed by atoms with E-state index < -0.39 is 0 Å². The van der Waals surface area contributed by atoms with Gasteiger partial charge in [0.1, 0.15) is 5.02 Å². The quantitative estimate of drug-likeness (QED) is 0.844. The van der Waals surface area contributed by atoms with E-state index in [-0.39, 0.29) is 6.61 Å². The van der Waals surface area contributed by atoms with E-state index in [0.29, 0.717) is 29.0 Å². The van der Waals surface area contributed by atoms with Gasteiger partial charge < -0.3 is 9.84 Å². The van der Waals surface area contributed by atoms with E-state index in [1.165, 1.54) is 0 Å². The van der Waals surface area contributed by atoms with Crippen molar-refractivity contribution < 1.29 is 9.84 Å². The number of nitrogens with zero attached hydrogens (tertiary/aromatic N) is 1. The summed E-state index contributed by atoms with van der Waals surface area (Å²) in [5.74, 6) is 1.04. The molecule has 0 radical (unpaired) electrons. The third kappa shape index (κ3) is 4.06. The van der Waals surface area contributed by atoms with Crippen LogP contribution in [0.25, 0.3) is 0 Å². The van der Waals surface area contributed by atoms with E-state index in [4.69, 9.17) is 21.4 Å². The molecule has 84 valence electrons. The number of halogens is 1. The Kier molecular flexibility index (Phi) is 4.85. The highest BCUT2D eigenvalue weighted by Gasteiger charge is 2.04. The van der Waals surface area contributed by atoms with Crippen molar-refractivity contribution in [2.24, 2.45) is 5.92 Å². The maximum atomic E-state index is 8.86. The molecule has 0 unspecified atom stereocenters. The summed E-state index contributed by atoms with van der Waals surface area (Å²) in [5.41, 5.74) is 0.691. The third-order valence-corrected chi connectivity index (χ3v) is 2.25. The minimum Gasteiger partial charge on any atom is -0.477 e. The van der Waals surface area contributed by atoms with Gasteiger partial charge in [-0.2, -0.15) is 0 Å². The van der Waals surface area contributed by atoms with Gasteiger partial charge in [0.15, 0.2) is 0 Å². The van der Waals surface area contributed by atoms with E-state index >= 15 is 0 Å². The van der Waals surface area contributed by atoms with Crippen LogP contribution in [0.5, 0.6) is 5.88 Å². The maximum Gasteiger partial charge on any atom is 0.232 e. The smallest absolute Gasteiger partial charge is 0.232 e. The molecule has 1 heterocycles. The van der Waals surface area contributed by atoms with E-state index in [1.807, 2.05) is 0 Å². The molecule has 0 aliphatic carbocycles. The standard InChI is InChI=1S/C11H16ClNO2/c1-8(2)3-4-15-11-10(12)5-9(7-14)6-13-11/h5-6,8,14H,3-4,7H2,1-2H3. The SMILES string of the molecule is CC(C)CCOc1ncc(CO)cc1Cl. The molecule has 1 aromatic heterocycles. The number of pyridine rings is 1. The lowest BCUT2D eigenvalue weighted by Gasteiger charge is -2.08. The van der Waals surface area contributed by atoms with Crippen molar-refractivity contribution in [1.82, 2.24) is 4.98 Å². The molecule has 0 atom stereocenters. The van der Waals surface area contributed by atoms with Crippen LogP contribution >= 0.6 is 11.6 Å². The number of aliphatic hydroxyl groups is 1. The minimum atomic E-state index is -0.0566. The van der Waals surface area contributed by atoms with Crippen LogP contribution in [0.15, 0.2) is 12.3 Å². The summed E-state index contributed by atoms with van der Waals surface area (Å²) in [4.78, 5) is 4.03. The zero-order chi connectivity index (χ0) is 11.3. The number of ether oxygens (including phenoxy) is 1. The summed E-state index contributed by atoms with van der Waals surface area (Å²) < 4.78 is 5.42. The molecule has 0 spiro atoms. The van der Waals surface area contributed by atoms with E-state index in [9.17, 15) is 0 Å². The molecule has 0 saturated carbocycles. The Morgan fingerprint density at radius 2 is 2.27 bits per heavy atom. The first-order valence-electron chi connectivity index (χ1n) is 5.01. The lowest BCUT2D eigenvalue weighted by atomic mass is 10.1. The molecular weight excluding hydrogens is 214 g/mol. The first-order chi connectivity index (χ1) is 7.13. The van der Waals surface area contributed by atoms with Gasteiger partial charge in [0.05, 0.1) is 13.2 Å². The van der Waals surface area contributed by atoms with Crippen LogP contribution < -0.4 is 4.74 Å². The van der Waals surface area contributed by atoms with Crippen molar-refractivity contribution in [3.63, 3.8) is 0 Å². The number of aromatic nitrogens is 1. The molecule has 0 amide bonds. The monoisotopic (exact) mass is 229 g/mol. The Bertz CT molecular complexity index is 315. The van der Waals surface area contributed by atoms with Crippen molar-refractivity contribution in [2.75, 3.05) is 6.61 Å². The molecule has 1 N–H and O–H groups in total. The van der Waals surface area contributed by atoms with Gasteiger partial charge in [-0.15, -0.1) is 0 Å². The average molecular weight is 230 g/mol. The third-order valence-electron chi connectivity index (χ3n) is 1.98. The Balaban J connectivity index is 2.54. The first kappa shape index (κ1) is 12.3. The second-order valence-corrected chi connectivity index (χ2v) is 4.23. The molecule has 0 aromatic carbocycles. The number of aliphatic hydroxyl groups excluding tert-OH is 1. The van der Waals surface area contributed by atoms with Gasteiger partial charge in [-0.05, 0) is 24.0 Å². The van der Waals surface area contributed by atoms with E-state index in [0.717, 1.165) is 6.42 Å². The lowest BCUT2D eigenvalue weighted by molar-refractivity contribution is 0.273. The summed E-state index contributed by atoms with van der Waals surface area (Å²) >= 11 is 5.92. The normalized spacial score (nSPS) is 10.7. The van der Waals surface area contributed by atoms with Gasteiger partial charge in [0.2, 0.25) is 5.88 Å². The topological polar surface area (TPSA) is 42.4 Å². The van der Waals surface area contributed by atoms with Crippen LogP contribution in [0, 0.1) is 5.92 Å². The largest absolute Gasteiger partial charge is 0.477 e. The molecule has 0 aliphatic rings. The van der Waals surface area contributed by atoms with Gasteiger partial charge in [-0.3, -0.25) is 0 Å². The Labute approximate surface area is 95.1 Å². The second kappa shape index (κ2) is 5.93. The zero-order valence-electron chi connectivity index (χ0n) is 9.03. The predicted octanol–water partition coefficient (Wildman–Crippen LogP) is 2.65. The van der Waals surface area contributed by atoms with Crippen LogP contribution in [0.2, 0.25) is 5.02 Å². The Hall–Kier alpha value is -0.800. The van der Waals surface area contributed by atoms with Gasteiger partial charge in [0.25, 0.3) is 0 Å². The van der Waals surface area contributed by atoms with Crippen LogP contribution in [0.4, 0.5) is 0 Å². The predicted molar refractivity (Wildman–Crippen MR) is 60.1 cm³/mol. The molecule has 4 heteroatoms. The van der Waals surface area contributed by atoms with E-state index in [2.05, 4.69) is 18.8 Å². The van der Waals surface area contributed by atoms with Gasteiger partial charge in [-0.1, -0.05) is 25.4 Å². The fraction of sp³-hybridized carbons (Fsp3) is 0.545. The fourth-order valence-corrected chi connectivity index (χ4v) is 1.29. The van der Waals surface area contributed by atoms with Crippen molar-refractivity contribution >= 4 is 11.6 Å². The highest BCUT2D eigenvalue weighted by molar-refractivity contribution is 6.31. The summed E-state index contributed by atoms with van der Waals surface area (Å²) in [6, 6.07) is 1.67. The zero-order valence-corrected chi connectivity index (χ0v) is 9.79.